The molecule has 5 nitrogen and oxygen atoms in total. The number of hydrogen-bond donors (Lipinski definition) is 2. The van der Waals surface area contributed by atoms with E-state index in [2.05, 4.69) is 31.2 Å². The summed E-state index contributed by atoms with van der Waals surface area (Å²) in [5.74, 6) is 1.15. The largest absolute Gasteiger partial charge is 0.366 e. The number of rotatable bonds is 5. The third-order valence-corrected chi connectivity index (χ3v) is 3.56. The lowest BCUT2D eigenvalue weighted by molar-refractivity contribution is 0.678. The molecule has 0 spiro atoms. The van der Waals surface area contributed by atoms with Crippen LogP contribution in [0.4, 0.5) is 5.82 Å². The van der Waals surface area contributed by atoms with Gasteiger partial charge in [-0.25, -0.2) is 4.98 Å². The second-order valence-corrected chi connectivity index (χ2v) is 5.85. The third-order valence-electron chi connectivity index (χ3n) is 2.02. The van der Waals surface area contributed by atoms with Crippen LogP contribution in [-0.2, 0) is 10.8 Å². The van der Waals surface area contributed by atoms with E-state index in [0.717, 1.165) is 6.42 Å². The zero-order chi connectivity index (χ0) is 12.1. The lowest BCUT2D eigenvalue weighted by Gasteiger charge is -2.14. The second kappa shape index (κ2) is 6.15. The SMILES string of the molecule is CC(CCS(C)=O)Nc1nc[nH]c(=O)c1Br. The molecule has 1 rings (SSSR count). The predicted octanol–water partition coefficient (Wildman–Crippen LogP) is 1.10. The number of aromatic amines is 1. The van der Waals surface area contributed by atoms with Gasteiger partial charge >= 0.3 is 0 Å². The van der Waals surface area contributed by atoms with Crippen molar-refractivity contribution in [3.63, 3.8) is 0 Å². The van der Waals surface area contributed by atoms with Gasteiger partial charge in [0, 0.05) is 28.9 Å². The second-order valence-electron chi connectivity index (χ2n) is 3.51. The molecule has 0 fully saturated rings. The van der Waals surface area contributed by atoms with Crippen LogP contribution in [0.5, 0.6) is 0 Å². The highest BCUT2D eigenvalue weighted by Crippen LogP contribution is 2.14. The van der Waals surface area contributed by atoms with Gasteiger partial charge in [-0.3, -0.25) is 9.00 Å². The average Bonchev–Trinajstić information content (AvgIpc) is 2.22. The highest BCUT2D eigenvalue weighted by atomic mass is 79.9. The van der Waals surface area contributed by atoms with E-state index in [1.807, 2.05) is 6.92 Å². The van der Waals surface area contributed by atoms with Crippen LogP contribution >= 0.6 is 15.9 Å². The van der Waals surface area contributed by atoms with Crippen molar-refractivity contribution < 1.29 is 4.21 Å². The Bertz CT molecular complexity index is 435. The number of nitrogens with zero attached hydrogens (tertiary/aromatic N) is 1. The molecule has 0 bridgehead atoms. The number of aromatic nitrogens is 2. The minimum atomic E-state index is -0.794. The van der Waals surface area contributed by atoms with E-state index < -0.39 is 10.8 Å². The highest BCUT2D eigenvalue weighted by molar-refractivity contribution is 9.10. The summed E-state index contributed by atoms with van der Waals surface area (Å²) in [6, 6.07) is 0.120. The van der Waals surface area contributed by atoms with Crippen LogP contribution in [0.1, 0.15) is 13.3 Å². The van der Waals surface area contributed by atoms with Crippen molar-refractivity contribution in [3.8, 4) is 0 Å². The van der Waals surface area contributed by atoms with Crippen LogP contribution in [0, 0.1) is 0 Å². The van der Waals surface area contributed by atoms with E-state index in [1.165, 1.54) is 6.33 Å². The summed E-state index contributed by atoms with van der Waals surface area (Å²) in [6.45, 7) is 1.96. The molecule has 0 radical (unpaired) electrons. The van der Waals surface area contributed by atoms with Gasteiger partial charge in [0.2, 0.25) is 0 Å². The average molecular weight is 308 g/mol. The van der Waals surface area contributed by atoms with Crippen molar-refractivity contribution in [2.24, 2.45) is 0 Å². The quantitative estimate of drug-likeness (QED) is 0.854. The molecular weight excluding hydrogens is 294 g/mol. The summed E-state index contributed by atoms with van der Waals surface area (Å²) in [7, 11) is -0.794. The smallest absolute Gasteiger partial charge is 0.267 e. The number of nitrogens with one attached hydrogen (secondary N) is 2. The molecule has 1 heterocycles. The molecular formula is C9H14BrN3O2S. The van der Waals surface area contributed by atoms with Gasteiger partial charge in [-0.1, -0.05) is 0 Å². The lowest BCUT2D eigenvalue weighted by Crippen LogP contribution is -2.21. The van der Waals surface area contributed by atoms with Crippen LogP contribution in [0.15, 0.2) is 15.6 Å². The fraction of sp³-hybridized carbons (Fsp3) is 0.556. The maximum Gasteiger partial charge on any atom is 0.267 e. The van der Waals surface area contributed by atoms with Gasteiger partial charge < -0.3 is 10.3 Å². The molecule has 0 amide bonds. The standard InChI is InChI=1S/C9H14BrN3O2S/c1-6(3-4-16(2)15)13-8-7(10)9(14)12-5-11-8/h5-6H,3-4H2,1-2H3,(H2,11,12,13,14). The summed E-state index contributed by atoms with van der Waals surface area (Å²) < 4.78 is 11.3. The first kappa shape index (κ1) is 13.4. The van der Waals surface area contributed by atoms with Crippen molar-refractivity contribution >= 4 is 32.5 Å². The Hall–Kier alpha value is -0.690. The van der Waals surface area contributed by atoms with E-state index in [0.29, 0.717) is 16.0 Å². The topological polar surface area (TPSA) is 74.8 Å². The van der Waals surface area contributed by atoms with Gasteiger partial charge in [-0.15, -0.1) is 0 Å². The van der Waals surface area contributed by atoms with Crippen molar-refractivity contribution in [3.05, 3.63) is 21.2 Å². The number of anilines is 1. The molecule has 1 aromatic heterocycles. The summed E-state index contributed by atoms with van der Waals surface area (Å²) in [6.07, 6.45) is 3.79. The Kier molecular flexibility index (Phi) is 5.14. The molecule has 0 aliphatic heterocycles. The van der Waals surface area contributed by atoms with Gasteiger partial charge in [0.15, 0.2) is 0 Å². The number of hydrogen-bond acceptors (Lipinski definition) is 4. The fourth-order valence-electron chi connectivity index (χ4n) is 1.13. The molecule has 7 heteroatoms. The Morgan fingerprint density at radius 1 is 1.69 bits per heavy atom. The van der Waals surface area contributed by atoms with Crippen molar-refractivity contribution in [1.82, 2.24) is 9.97 Å². The van der Waals surface area contributed by atoms with Crippen LogP contribution in [0.3, 0.4) is 0 Å². The first-order valence-electron chi connectivity index (χ1n) is 4.80. The Balaban J connectivity index is 2.62. The highest BCUT2D eigenvalue weighted by Gasteiger charge is 2.09. The normalized spacial score (nSPS) is 14.4. The Morgan fingerprint density at radius 2 is 2.38 bits per heavy atom. The molecule has 90 valence electrons. The minimum Gasteiger partial charge on any atom is -0.366 e. The Labute approximate surface area is 105 Å². The molecule has 2 atom stereocenters. The zero-order valence-electron chi connectivity index (χ0n) is 9.12. The fourth-order valence-corrected chi connectivity index (χ4v) is 2.15. The van der Waals surface area contributed by atoms with Crippen LogP contribution in [0.25, 0.3) is 0 Å². The number of halogens is 1. The van der Waals surface area contributed by atoms with Crippen molar-refractivity contribution in [2.45, 2.75) is 19.4 Å². The van der Waals surface area contributed by atoms with Gasteiger partial charge in [0.05, 0.1) is 6.33 Å². The van der Waals surface area contributed by atoms with Gasteiger partial charge in [0.25, 0.3) is 5.56 Å². The molecule has 0 aromatic carbocycles. The molecule has 0 aliphatic rings. The Morgan fingerprint density at radius 3 is 3.00 bits per heavy atom. The molecule has 2 unspecified atom stereocenters. The zero-order valence-corrected chi connectivity index (χ0v) is 11.5. The van der Waals surface area contributed by atoms with Crippen LogP contribution in [0.2, 0.25) is 0 Å². The van der Waals surface area contributed by atoms with E-state index in [4.69, 9.17) is 0 Å². The number of H-pyrrole nitrogens is 1. The summed E-state index contributed by atoms with van der Waals surface area (Å²) in [4.78, 5) is 17.7. The molecule has 2 N–H and O–H groups in total. The molecule has 0 saturated carbocycles. The van der Waals surface area contributed by atoms with Gasteiger partial charge in [0.1, 0.15) is 10.3 Å². The summed E-state index contributed by atoms with van der Waals surface area (Å²) in [5.41, 5.74) is -0.219. The first-order valence-corrected chi connectivity index (χ1v) is 7.32. The molecule has 0 aliphatic carbocycles. The van der Waals surface area contributed by atoms with E-state index in [9.17, 15) is 9.00 Å². The van der Waals surface area contributed by atoms with Crippen molar-refractivity contribution in [1.29, 1.82) is 0 Å². The minimum absolute atomic E-state index is 0.120. The molecule has 1 aromatic rings. The monoisotopic (exact) mass is 307 g/mol. The maximum absolute atomic E-state index is 11.3. The van der Waals surface area contributed by atoms with Gasteiger partial charge in [-0.05, 0) is 29.3 Å². The third kappa shape index (κ3) is 4.05. The lowest BCUT2D eigenvalue weighted by atomic mass is 10.2. The molecule has 0 saturated heterocycles. The van der Waals surface area contributed by atoms with Crippen LogP contribution in [-0.4, -0.2) is 32.2 Å². The summed E-state index contributed by atoms with van der Waals surface area (Å²) in [5, 5.41) is 3.09. The summed E-state index contributed by atoms with van der Waals surface area (Å²) >= 11 is 3.16. The van der Waals surface area contributed by atoms with Crippen molar-refractivity contribution in [2.75, 3.05) is 17.3 Å². The van der Waals surface area contributed by atoms with E-state index in [-0.39, 0.29) is 11.6 Å². The van der Waals surface area contributed by atoms with Crippen LogP contribution < -0.4 is 10.9 Å². The van der Waals surface area contributed by atoms with Gasteiger partial charge in [-0.2, -0.15) is 0 Å². The van der Waals surface area contributed by atoms with E-state index in [1.54, 1.807) is 6.26 Å². The molecule has 16 heavy (non-hydrogen) atoms. The maximum atomic E-state index is 11.3. The van der Waals surface area contributed by atoms with E-state index >= 15 is 0 Å². The first-order chi connectivity index (χ1) is 7.50. The predicted molar refractivity (Wildman–Crippen MR) is 69.2 cm³/mol.